The van der Waals surface area contributed by atoms with E-state index in [0.717, 1.165) is 6.42 Å². The van der Waals surface area contributed by atoms with Crippen LogP contribution in [0.25, 0.3) is 0 Å². The average molecular weight is 623 g/mol. The summed E-state index contributed by atoms with van der Waals surface area (Å²) in [6.07, 6.45) is 1.06. The zero-order chi connectivity index (χ0) is 33.0. The Balaban J connectivity index is 2.17. The summed E-state index contributed by atoms with van der Waals surface area (Å²) in [5, 5.41) is 14.7. The number of nitrogens with one attached hydrogen (secondary N) is 2. The molecule has 0 aliphatic carbocycles. The fourth-order valence-electron chi connectivity index (χ4n) is 5.94. The van der Waals surface area contributed by atoms with E-state index in [2.05, 4.69) is 10.6 Å². The van der Waals surface area contributed by atoms with Gasteiger partial charge >= 0.3 is 5.97 Å². The summed E-state index contributed by atoms with van der Waals surface area (Å²) in [5.41, 5.74) is 0.554. The minimum absolute atomic E-state index is 0.0140. The number of hydrogen-bond acceptors (Lipinski definition) is 7. The van der Waals surface area contributed by atoms with Gasteiger partial charge in [-0.2, -0.15) is 0 Å². The van der Waals surface area contributed by atoms with E-state index < -0.39 is 53.9 Å². The molecule has 1 aromatic carbocycles. The second-order valence-electron chi connectivity index (χ2n) is 11.4. The topological polar surface area (TPSA) is 155 Å². The van der Waals surface area contributed by atoms with E-state index in [4.69, 9.17) is 9.47 Å². The minimum Gasteiger partial charge on any atom is -0.480 e. The summed E-state index contributed by atoms with van der Waals surface area (Å²) < 4.78 is 24.8. The molecule has 12 nitrogen and oxygen atoms in total. The van der Waals surface area contributed by atoms with Crippen molar-refractivity contribution in [2.24, 2.45) is 11.8 Å². The summed E-state index contributed by atoms with van der Waals surface area (Å²) in [5.74, 6) is -3.55. The number of rotatable bonds is 18. The fraction of sp³-hybridized carbons (Fsp3) is 0.645. The highest BCUT2D eigenvalue weighted by Gasteiger charge is 2.42. The van der Waals surface area contributed by atoms with Gasteiger partial charge in [0.15, 0.2) is 0 Å². The van der Waals surface area contributed by atoms with E-state index in [0.29, 0.717) is 31.4 Å². The van der Waals surface area contributed by atoms with Gasteiger partial charge in [-0.15, -0.1) is 0 Å². The van der Waals surface area contributed by atoms with Crippen LogP contribution in [0, 0.1) is 17.7 Å². The van der Waals surface area contributed by atoms with Crippen molar-refractivity contribution in [1.82, 2.24) is 20.4 Å². The van der Waals surface area contributed by atoms with Gasteiger partial charge in [-0.05, 0) is 36.5 Å². The fourth-order valence-corrected chi connectivity index (χ4v) is 5.94. The largest absolute Gasteiger partial charge is 0.480 e. The number of carboxylic acid groups (broad SMARTS) is 1. The first-order valence-electron chi connectivity index (χ1n) is 14.9. The number of benzene rings is 1. The molecule has 1 fully saturated rings. The molecule has 1 aliphatic rings. The number of nitrogens with zero attached hydrogens (tertiary/aromatic N) is 2. The van der Waals surface area contributed by atoms with Gasteiger partial charge in [0.2, 0.25) is 24.1 Å². The number of ether oxygens (including phenoxy) is 2. The first-order valence-corrected chi connectivity index (χ1v) is 14.9. The second-order valence-corrected chi connectivity index (χ2v) is 11.4. The number of methoxy groups -OCH3 is 2. The van der Waals surface area contributed by atoms with Crippen LogP contribution in [0.2, 0.25) is 0 Å². The van der Waals surface area contributed by atoms with E-state index in [1.807, 2.05) is 13.8 Å². The monoisotopic (exact) mass is 622 g/mol. The van der Waals surface area contributed by atoms with E-state index >= 15 is 0 Å². The average Bonchev–Trinajstić information content (AvgIpc) is 3.49. The van der Waals surface area contributed by atoms with Crippen LogP contribution in [-0.4, -0.2) is 110 Å². The number of halogens is 1. The summed E-state index contributed by atoms with van der Waals surface area (Å²) in [6, 6.07) is 3.27. The molecule has 1 aromatic rings. The Morgan fingerprint density at radius 1 is 1.16 bits per heavy atom. The van der Waals surface area contributed by atoms with E-state index in [-0.39, 0.29) is 37.1 Å². The third kappa shape index (κ3) is 9.71. The van der Waals surface area contributed by atoms with Crippen LogP contribution in [0.15, 0.2) is 24.3 Å². The summed E-state index contributed by atoms with van der Waals surface area (Å²) >= 11 is 0. The van der Waals surface area contributed by atoms with E-state index in [9.17, 15) is 33.5 Å². The van der Waals surface area contributed by atoms with Crippen molar-refractivity contribution in [3.05, 3.63) is 35.6 Å². The van der Waals surface area contributed by atoms with Gasteiger partial charge in [-0.1, -0.05) is 39.3 Å². The first kappa shape index (κ1) is 36.6. The zero-order valence-corrected chi connectivity index (χ0v) is 26.5. The van der Waals surface area contributed by atoms with Gasteiger partial charge in [0, 0.05) is 34.2 Å². The van der Waals surface area contributed by atoms with Crippen molar-refractivity contribution in [1.29, 1.82) is 0 Å². The van der Waals surface area contributed by atoms with E-state index in [1.54, 1.807) is 18.9 Å². The number of amides is 4. The normalized spacial score (nSPS) is 18.8. The second kappa shape index (κ2) is 17.6. The van der Waals surface area contributed by atoms with Gasteiger partial charge in [0.1, 0.15) is 11.9 Å². The number of carbonyl (C=O) groups excluding carboxylic acids is 4. The van der Waals surface area contributed by atoms with E-state index in [1.165, 1.54) is 43.4 Å². The molecule has 7 atom stereocenters. The molecular formula is C31H47FN4O8. The highest BCUT2D eigenvalue weighted by Crippen LogP contribution is 2.29. The lowest BCUT2D eigenvalue weighted by atomic mass is 9.90. The molecule has 13 heteroatoms. The van der Waals surface area contributed by atoms with Crippen molar-refractivity contribution in [2.75, 3.05) is 34.4 Å². The van der Waals surface area contributed by atoms with Gasteiger partial charge < -0.3 is 35.0 Å². The van der Waals surface area contributed by atoms with Crippen molar-refractivity contribution in [3.63, 3.8) is 0 Å². The maximum Gasteiger partial charge on any atom is 0.326 e. The lowest BCUT2D eigenvalue weighted by Gasteiger charge is -2.39. The Morgan fingerprint density at radius 2 is 1.82 bits per heavy atom. The van der Waals surface area contributed by atoms with Crippen LogP contribution in [0.1, 0.15) is 52.0 Å². The molecule has 0 spiro atoms. The van der Waals surface area contributed by atoms with Crippen molar-refractivity contribution in [2.45, 2.75) is 83.2 Å². The molecule has 0 radical (unpaired) electrons. The van der Waals surface area contributed by atoms with Crippen LogP contribution < -0.4 is 10.6 Å². The smallest absolute Gasteiger partial charge is 0.326 e. The van der Waals surface area contributed by atoms with Gasteiger partial charge in [0.05, 0.1) is 43.2 Å². The predicted molar refractivity (Wildman–Crippen MR) is 160 cm³/mol. The number of aliphatic carboxylic acids is 1. The SMILES string of the molecule is CC[C@H](C)[C@@H](C(CC(=O)N1CCC[C@H]1C(OC)[C@@H](C)C(=O)N[C@@H](Cc1ccc(F)cc1)C(=O)O)OC)N(C)C(=O)CNC=O. The van der Waals surface area contributed by atoms with Gasteiger partial charge in [-0.25, -0.2) is 9.18 Å². The molecule has 4 amide bonds. The lowest BCUT2D eigenvalue weighted by molar-refractivity contribution is -0.146. The Bertz CT molecular complexity index is 1120. The maximum atomic E-state index is 13.7. The van der Waals surface area contributed by atoms with Crippen LogP contribution in [-0.2, 0) is 39.9 Å². The molecule has 0 bridgehead atoms. The Morgan fingerprint density at radius 3 is 2.36 bits per heavy atom. The van der Waals surface area contributed by atoms with Crippen LogP contribution in [0.3, 0.4) is 0 Å². The number of likely N-dealkylation sites (N-methyl/N-ethyl adjacent to an activating group) is 1. The lowest BCUT2D eigenvalue weighted by Crippen LogP contribution is -2.54. The van der Waals surface area contributed by atoms with Crippen LogP contribution in [0.4, 0.5) is 4.39 Å². The Labute approximate surface area is 258 Å². The molecule has 0 saturated carbocycles. The minimum atomic E-state index is -1.24. The highest BCUT2D eigenvalue weighted by molar-refractivity contribution is 5.85. The maximum absolute atomic E-state index is 13.7. The molecule has 1 aliphatic heterocycles. The molecular weight excluding hydrogens is 575 g/mol. The molecule has 3 N–H and O–H groups in total. The standard InChI is InChI=1S/C31H47FN4O8/c1-7-19(2)28(35(4)27(39)17-33-18-37)25(43-5)16-26(38)36-14-8-9-24(36)29(44-6)20(3)30(40)34-23(31(41)42)15-21-10-12-22(32)13-11-21/h10-13,18-20,23-25,28-29H,7-9,14-17H2,1-6H3,(H,33,37)(H,34,40)(H,41,42)/t19-,20+,23-,24-,25?,28-,29?/m0/s1. The molecule has 1 heterocycles. The summed E-state index contributed by atoms with van der Waals surface area (Å²) in [7, 11) is 4.57. The molecule has 2 unspecified atom stereocenters. The highest BCUT2D eigenvalue weighted by atomic mass is 19.1. The van der Waals surface area contributed by atoms with Gasteiger partial charge in [0.25, 0.3) is 0 Å². The summed E-state index contributed by atoms with van der Waals surface area (Å²) in [4.78, 5) is 65.6. The molecule has 0 aromatic heterocycles. The Hall–Kier alpha value is -3.58. The number of carboxylic acids is 1. The third-order valence-electron chi connectivity index (χ3n) is 8.61. The van der Waals surface area contributed by atoms with Crippen molar-refractivity contribution < 1.29 is 42.9 Å². The first-order chi connectivity index (χ1) is 20.9. The molecule has 1 saturated heterocycles. The molecule has 2 rings (SSSR count). The number of likely N-dealkylation sites (tertiary alicyclic amines) is 1. The zero-order valence-electron chi connectivity index (χ0n) is 26.5. The molecule has 44 heavy (non-hydrogen) atoms. The quantitative estimate of drug-likeness (QED) is 0.209. The summed E-state index contributed by atoms with van der Waals surface area (Å²) in [6.45, 7) is 5.86. The number of hydrogen-bond donors (Lipinski definition) is 3. The van der Waals surface area contributed by atoms with Crippen molar-refractivity contribution >= 4 is 30.1 Å². The van der Waals surface area contributed by atoms with Crippen molar-refractivity contribution in [3.8, 4) is 0 Å². The van der Waals surface area contributed by atoms with Crippen LogP contribution in [0.5, 0.6) is 0 Å². The van der Waals surface area contributed by atoms with Gasteiger partial charge in [-0.3, -0.25) is 19.2 Å². The predicted octanol–water partition coefficient (Wildman–Crippen LogP) is 1.60. The van der Waals surface area contributed by atoms with Crippen LogP contribution >= 0.6 is 0 Å². The number of carbonyl (C=O) groups is 5. The third-order valence-corrected chi connectivity index (χ3v) is 8.61. The Kier molecular flexibility index (Phi) is 14.7. The molecule has 246 valence electrons.